The molecule has 464 valence electrons. The monoisotopic (exact) mass is 1260 g/mol. The molecule has 0 aromatic heterocycles. The van der Waals surface area contributed by atoms with Crippen molar-refractivity contribution < 1.29 is 14.2 Å². The van der Waals surface area contributed by atoms with Crippen LogP contribution >= 0.6 is 0 Å². The van der Waals surface area contributed by atoms with E-state index in [-0.39, 0.29) is 0 Å². The van der Waals surface area contributed by atoms with Gasteiger partial charge >= 0.3 is 0 Å². The van der Waals surface area contributed by atoms with E-state index in [0.29, 0.717) is 25.3 Å². The first-order chi connectivity index (χ1) is 48.9. The van der Waals surface area contributed by atoms with Crippen LogP contribution in [-0.4, -0.2) is 76.1 Å². The molecular weight excluding hydrogens is 1210 g/mol. The van der Waals surface area contributed by atoms with Crippen LogP contribution in [0, 0.1) is 343 Å². The fraction of sp³-hybridized carbons (Fsp3) is 0.255. The summed E-state index contributed by atoms with van der Waals surface area (Å²) >= 11 is 0. The Labute approximate surface area is 592 Å². The Hall–Kier alpha value is -14.5. The summed E-state index contributed by atoms with van der Waals surface area (Å²) in [7, 11) is 1.70. The first-order valence-electron chi connectivity index (χ1n) is 30.6. The van der Waals surface area contributed by atoms with Crippen molar-refractivity contribution in [2.24, 2.45) is 0 Å². The van der Waals surface area contributed by atoms with Crippen LogP contribution in [0.2, 0.25) is 0 Å². The van der Waals surface area contributed by atoms with Crippen molar-refractivity contribution in [1.29, 1.82) is 0 Å². The molecular formula is C94H60N2O3. The Kier molecular flexibility index (Phi) is 49.7. The van der Waals surface area contributed by atoms with Crippen LogP contribution in [-0.2, 0) is 39.9 Å². The van der Waals surface area contributed by atoms with Crippen LogP contribution in [0.4, 0.5) is 0 Å². The molecule has 5 nitrogen and oxygen atoms in total. The fourth-order valence-corrected chi connectivity index (χ4v) is 7.29. The highest BCUT2D eigenvalue weighted by molar-refractivity contribution is 5.52. The number of hydrogen-bond donors (Lipinski definition) is 0. The van der Waals surface area contributed by atoms with Crippen molar-refractivity contribution in [2.75, 3.05) is 66.3 Å². The van der Waals surface area contributed by atoms with E-state index in [9.17, 15) is 0 Å². The second-order valence-corrected chi connectivity index (χ2v) is 18.4. The van der Waals surface area contributed by atoms with Gasteiger partial charge in [-0.15, -0.1) is 0 Å². The van der Waals surface area contributed by atoms with Crippen LogP contribution in [0.1, 0.15) is 100 Å². The van der Waals surface area contributed by atoms with Gasteiger partial charge in [0.1, 0.15) is 0 Å². The lowest BCUT2D eigenvalue weighted by atomic mass is 9.86. The zero-order chi connectivity index (χ0) is 71.0. The third kappa shape index (κ3) is 44.6. The highest BCUT2D eigenvalue weighted by atomic mass is 16.5. The maximum Gasteiger partial charge on any atom is 0.0700 e. The van der Waals surface area contributed by atoms with Crippen LogP contribution < -0.4 is 0 Å². The van der Waals surface area contributed by atoms with Gasteiger partial charge in [0.25, 0.3) is 0 Å². The predicted octanol–water partition coefficient (Wildman–Crippen LogP) is 7.55. The van der Waals surface area contributed by atoms with Gasteiger partial charge in [0.15, 0.2) is 0 Å². The van der Waals surface area contributed by atoms with E-state index in [0.717, 1.165) is 52.4 Å². The molecule has 2 aromatic carbocycles. The summed E-state index contributed by atoms with van der Waals surface area (Å²) in [5.74, 6) is 146. The first-order valence-corrected chi connectivity index (χ1v) is 30.6. The van der Waals surface area contributed by atoms with Gasteiger partial charge in [-0.25, -0.2) is 0 Å². The van der Waals surface area contributed by atoms with Crippen molar-refractivity contribution in [3.63, 3.8) is 0 Å². The van der Waals surface area contributed by atoms with Gasteiger partial charge in [-0.3, -0.25) is 9.80 Å². The summed E-state index contributed by atoms with van der Waals surface area (Å²) < 4.78 is 16.2. The molecule has 0 saturated heterocycles. The van der Waals surface area contributed by atoms with Crippen molar-refractivity contribution in [3.05, 3.63) is 69.8 Å². The van der Waals surface area contributed by atoms with Gasteiger partial charge in [0, 0.05) is 276 Å². The van der Waals surface area contributed by atoms with E-state index in [1.54, 1.807) is 37.6 Å². The number of ether oxygens (including phenoxy) is 3. The van der Waals surface area contributed by atoms with Gasteiger partial charge < -0.3 is 14.2 Å². The number of aryl methyl sites for hydroxylation is 4. The number of benzene rings is 2. The van der Waals surface area contributed by atoms with Gasteiger partial charge in [-0.05, 0) is 201 Å². The molecule has 0 heterocycles. The lowest BCUT2D eigenvalue weighted by Gasteiger charge is -2.30. The number of hydrogen-bond acceptors (Lipinski definition) is 5. The zero-order valence-corrected chi connectivity index (χ0v) is 56.6. The van der Waals surface area contributed by atoms with E-state index in [2.05, 4.69) is 424 Å². The Morgan fingerprint density at radius 2 is 0.495 bits per heavy atom. The number of fused-ring (bicyclic) bond motifs is 2. The molecule has 0 saturated carbocycles. The minimum Gasteiger partial charge on any atom is -0.382 e. The Morgan fingerprint density at radius 1 is 0.283 bits per heavy atom. The summed E-state index contributed by atoms with van der Waals surface area (Å²) in [6, 6.07) is 14.9. The summed E-state index contributed by atoms with van der Waals surface area (Å²) in [6.07, 6.45) is 6.15. The smallest absolute Gasteiger partial charge is 0.0700 e. The molecule has 4 rings (SSSR count). The number of likely N-dealkylation sites (N-methyl/N-ethyl adjacent to an activating group) is 2. The third-order valence-electron chi connectivity index (χ3n) is 12.2. The molecule has 0 radical (unpaired) electrons. The SMILES string of the molecule is CC#CC#CC#CC#CC#CC#CC#CC#CC#CC#CC#CC#CC#CC#CC#CC#CC#CC#CC#CC#CC#CC#CC#CC#CC#CC#CC#CC#CC#CC.CCCOCCN(CC)C(C)c1ccc2c(c1)CC2.CCN(CCOCCOC)C(C)c1ccc2c(c1)CC2. The molecule has 0 N–H and O–H groups in total. The highest BCUT2D eigenvalue weighted by Gasteiger charge is 2.20. The van der Waals surface area contributed by atoms with E-state index in [1.807, 2.05) is 0 Å². The third-order valence-corrected chi connectivity index (χ3v) is 12.2. The van der Waals surface area contributed by atoms with Crippen molar-refractivity contribution >= 4 is 0 Å². The lowest BCUT2D eigenvalue weighted by Crippen LogP contribution is -2.31. The van der Waals surface area contributed by atoms with E-state index >= 15 is 0 Å². The summed E-state index contributed by atoms with van der Waals surface area (Å²) in [4.78, 5) is 4.96. The second kappa shape index (κ2) is 61.0. The largest absolute Gasteiger partial charge is 0.382 e. The molecule has 2 unspecified atom stereocenters. The number of nitrogens with zero attached hydrogens (tertiary/aromatic N) is 2. The average Bonchev–Trinajstić information content (AvgIpc) is 0.820. The standard InChI is InChI=1S/C60H6.C17H27NO2.C17H27NO/c1-3-5-7-9-11-13-15-17-19-21-23-25-27-29-31-33-35-37-39-41-43-45-47-49-51-53-55-57-59-60-58-56-54-52-50-48-46-44-42-40-38-36-34-32-30-28-26-24-22-20-18-16-14-12-10-8-6-4-2;1-4-18(9-10-20-12-11-19-3)14(2)16-7-5-15-6-8-17(15)13-16;1-4-11-19-12-10-18(5-2)14(3)16-8-6-15-7-9-17(15)13-16/h1-2H3;5,7,13-14H,4,6,8-12H2,1-3H3;6,8,13-14H,4-5,7,9-12H2,1-3H3. The van der Waals surface area contributed by atoms with E-state index in [4.69, 9.17) is 14.2 Å². The molecule has 0 aliphatic heterocycles. The maximum absolute atomic E-state index is 5.61. The zero-order valence-electron chi connectivity index (χ0n) is 56.6. The van der Waals surface area contributed by atoms with Crippen molar-refractivity contribution in [2.45, 2.75) is 92.7 Å². The van der Waals surface area contributed by atoms with Gasteiger partial charge in [0.2, 0.25) is 0 Å². The Morgan fingerprint density at radius 3 is 0.667 bits per heavy atom. The average molecular weight is 1270 g/mol. The Bertz CT molecular complexity index is 5030. The molecule has 0 spiro atoms. The van der Waals surface area contributed by atoms with Crippen LogP contribution in [0.5, 0.6) is 0 Å². The maximum atomic E-state index is 5.61. The number of methoxy groups -OCH3 is 1. The first kappa shape index (κ1) is 80.6. The summed E-state index contributed by atoms with van der Waals surface area (Å²) in [6.45, 7) is 22.5. The molecule has 0 fully saturated rings. The minimum absolute atomic E-state index is 0.455. The molecule has 2 aliphatic carbocycles. The number of rotatable bonds is 17. The topological polar surface area (TPSA) is 34.2 Å². The quantitative estimate of drug-likeness (QED) is 0.121. The van der Waals surface area contributed by atoms with Gasteiger partial charge in [-0.1, -0.05) is 69.0 Å². The normalized spacial score (nSPS) is 8.34. The minimum atomic E-state index is 0.455. The molecule has 2 aliphatic rings. The van der Waals surface area contributed by atoms with Gasteiger partial charge in [-0.2, -0.15) is 0 Å². The van der Waals surface area contributed by atoms with E-state index in [1.165, 1.54) is 42.4 Å². The molecule has 0 bridgehead atoms. The van der Waals surface area contributed by atoms with Crippen molar-refractivity contribution in [1.82, 2.24) is 9.80 Å². The van der Waals surface area contributed by atoms with Crippen LogP contribution in [0.25, 0.3) is 0 Å². The van der Waals surface area contributed by atoms with Crippen LogP contribution in [0.3, 0.4) is 0 Å². The molecule has 2 atom stereocenters. The molecule has 0 amide bonds. The second-order valence-electron chi connectivity index (χ2n) is 18.4. The predicted molar refractivity (Wildman–Crippen MR) is 400 cm³/mol. The fourth-order valence-electron chi connectivity index (χ4n) is 7.29. The lowest BCUT2D eigenvalue weighted by molar-refractivity contribution is 0.0518. The van der Waals surface area contributed by atoms with Crippen LogP contribution in [0.15, 0.2) is 36.4 Å². The highest BCUT2D eigenvalue weighted by Crippen LogP contribution is 2.29. The van der Waals surface area contributed by atoms with E-state index < -0.39 is 0 Å². The molecule has 99 heavy (non-hydrogen) atoms. The summed E-state index contributed by atoms with van der Waals surface area (Å²) in [5.41, 5.74) is 9.07. The van der Waals surface area contributed by atoms with Gasteiger partial charge in [0.05, 0.1) is 26.4 Å². The van der Waals surface area contributed by atoms with Crippen molar-refractivity contribution in [3.8, 4) is 343 Å². The summed E-state index contributed by atoms with van der Waals surface area (Å²) in [5, 5.41) is 0. The Balaban J connectivity index is 0.000000676. The molecule has 5 heteroatoms. The molecule has 2 aromatic rings.